The lowest BCUT2D eigenvalue weighted by atomic mass is 9.94. The average molecular weight is 574 g/mol. The standard InChI is InChI=1S/C29H27ClF3N3O4/c1-4-24(37)26-25(18-8-6-5-7-9-18)22-12-19(30)10-11-21(22)27(38)35(26)14-20-13-23(28(39)40-15-17(2)3)36(34-20)16-29(31,32)33/h5-13,17H,4,14-16H2,1-3H3. The molecule has 4 aromatic rings. The number of carbonyl (C=O) groups is 2. The number of pyridine rings is 1. The van der Waals surface area contributed by atoms with Crippen molar-refractivity contribution < 1.29 is 27.5 Å². The summed E-state index contributed by atoms with van der Waals surface area (Å²) in [4.78, 5) is 39.8. The Morgan fingerprint density at radius 3 is 2.38 bits per heavy atom. The molecule has 0 aliphatic heterocycles. The number of esters is 1. The van der Waals surface area contributed by atoms with Crippen LogP contribution in [0.15, 0.2) is 59.4 Å². The van der Waals surface area contributed by atoms with Crippen LogP contribution in [0.25, 0.3) is 21.9 Å². The Hall–Kier alpha value is -3.92. The third kappa shape index (κ3) is 6.28. The second-order valence-electron chi connectivity index (χ2n) is 9.73. The summed E-state index contributed by atoms with van der Waals surface area (Å²) in [6.07, 6.45) is -4.61. The van der Waals surface area contributed by atoms with Crippen molar-refractivity contribution in [3.63, 3.8) is 0 Å². The Balaban J connectivity index is 1.95. The highest BCUT2D eigenvalue weighted by atomic mass is 35.5. The van der Waals surface area contributed by atoms with Gasteiger partial charge in [-0.15, -0.1) is 0 Å². The summed E-state index contributed by atoms with van der Waals surface area (Å²) in [6.45, 7) is 3.36. The lowest BCUT2D eigenvalue weighted by Crippen LogP contribution is -2.28. The molecule has 0 N–H and O–H groups in total. The molecule has 2 aromatic carbocycles. The molecule has 7 nitrogen and oxygen atoms in total. The van der Waals surface area contributed by atoms with Gasteiger partial charge in [0, 0.05) is 22.4 Å². The number of hydrogen-bond donors (Lipinski definition) is 0. The lowest BCUT2D eigenvalue weighted by molar-refractivity contribution is -0.142. The Morgan fingerprint density at radius 2 is 1.75 bits per heavy atom. The topological polar surface area (TPSA) is 83.2 Å². The molecular formula is C29H27ClF3N3O4. The van der Waals surface area contributed by atoms with E-state index in [0.717, 1.165) is 6.07 Å². The normalized spacial score (nSPS) is 11.8. The summed E-state index contributed by atoms with van der Waals surface area (Å²) in [6, 6.07) is 14.8. The highest BCUT2D eigenvalue weighted by Crippen LogP contribution is 2.33. The SMILES string of the molecule is CCC(=O)c1c(-c2ccccc2)c2cc(Cl)ccc2c(=O)n1Cc1cc(C(=O)OCC(C)C)n(CC(F)(F)F)n1. The van der Waals surface area contributed by atoms with Crippen molar-refractivity contribution >= 4 is 34.1 Å². The van der Waals surface area contributed by atoms with Crippen molar-refractivity contribution in [1.29, 1.82) is 0 Å². The molecule has 2 aromatic heterocycles. The number of carbonyl (C=O) groups excluding carboxylic acids is 2. The van der Waals surface area contributed by atoms with Crippen molar-refractivity contribution in [1.82, 2.24) is 14.3 Å². The molecule has 2 heterocycles. The van der Waals surface area contributed by atoms with Crippen LogP contribution in [-0.2, 0) is 17.8 Å². The zero-order chi connectivity index (χ0) is 29.2. The van der Waals surface area contributed by atoms with Gasteiger partial charge in [0.2, 0.25) is 0 Å². The van der Waals surface area contributed by atoms with Gasteiger partial charge < -0.3 is 4.74 Å². The number of benzene rings is 2. The number of Topliss-reactive ketones (excluding diaryl/α,β-unsaturated/α-hetero) is 1. The minimum Gasteiger partial charge on any atom is -0.461 e. The van der Waals surface area contributed by atoms with Gasteiger partial charge in [0.25, 0.3) is 5.56 Å². The number of nitrogens with zero attached hydrogens (tertiary/aromatic N) is 3. The van der Waals surface area contributed by atoms with Crippen LogP contribution in [0.5, 0.6) is 0 Å². The van der Waals surface area contributed by atoms with Crippen molar-refractivity contribution in [3.8, 4) is 11.1 Å². The van der Waals surface area contributed by atoms with E-state index in [4.69, 9.17) is 16.3 Å². The highest BCUT2D eigenvalue weighted by molar-refractivity contribution is 6.31. The summed E-state index contributed by atoms with van der Waals surface area (Å²) in [5.74, 6) is -1.36. The summed E-state index contributed by atoms with van der Waals surface area (Å²) in [5.41, 5.74) is 0.234. The van der Waals surface area contributed by atoms with Crippen LogP contribution in [0.3, 0.4) is 0 Å². The van der Waals surface area contributed by atoms with Gasteiger partial charge in [0.05, 0.1) is 24.5 Å². The Labute approximate surface area is 233 Å². The van der Waals surface area contributed by atoms with Crippen molar-refractivity contribution in [2.75, 3.05) is 6.61 Å². The van der Waals surface area contributed by atoms with E-state index in [1.54, 1.807) is 63.2 Å². The van der Waals surface area contributed by atoms with Gasteiger partial charge in [-0.25, -0.2) is 9.48 Å². The maximum absolute atomic E-state index is 13.8. The fraction of sp³-hybridized carbons (Fsp3) is 0.310. The van der Waals surface area contributed by atoms with Crippen LogP contribution in [0.2, 0.25) is 5.02 Å². The fourth-order valence-corrected chi connectivity index (χ4v) is 4.58. The fourth-order valence-electron chi connectivity index (χ4n) is 4.40. The third-order valence-electron chi connectivity index (χ3n) is 6.12. The monoisotopic (exact) mass is 573 g/mol. The number of aromatic nitrogens is 3. The number of alkyl halides is 3. The molecule has 11 heteroatoms. The van der Waals surface area contributed by atoms with Crippen LogP contribution >= 0.6 is 11.6 Å². The van der Waals surface area contributed by atoms with Crippen molar-refractivity contribution in [2.24, 2.45) is 5.92 Å². The molecule has 0 radical (unpaired) electrons. The number of hydrogen-bond acceptors (Lipinski definition) is 5. The molecule has 0 atom stereocenters. The van der Waals surface area contributed by atoms with Crippen LogP contribution in [0, 0.1) is 5.92 Å². The van der Waals surface area contributed by atoms with Gasteiger partial charge in [-0.2, -0.15) is 18.3 Å². The minimum absolute atomic E-state index is 0.00758. The van der Waals surface area contributed by atoms with E-state index >= 15 is 0 Å². The van der Waals surface area contributed by atoms with E-state index in [0.29, 0.717) is 26.2 Å². The maximum Gasteiger partial charge on any atom is 0.408 e. The van der Waals surface area contributed by atoms with Gasteiger partial charge in [0.15, 0.2) is 5.78 Å². The first-order chi connectivity index (χ1) is 18.9. The van der Waals surface area contributed by atoms with E-state index in [1.165, 1.54) is 4.57 Å². The van der Waals surface area contributed by atoms with Crippen LogP contribution < -0.4 is 5.56 Å². The molecule has 0 unspecified atom stereocenters. The quantitative estimate of drug-likeness (QED) is 0.168. The minimum atomic E-state index is -4.67. The highest BCUT2D eigenvalue weighted by Gasteiger charge is 2.32. The molecule has 0 saturated carbocycles. The number of rotatable bonds is 9. The average Bonchev–Trinajstić information content (AvgIpc) is 3.29. The van der Waals surface area contributed by atoms with Crippen LogP contribution in [0.4, 0.5) is 13.2 Å². The molecule has 0 spiro atoms. The maximum atomic E-state index is 13.8. The molecule has 4 rings (SSSR count). The smallest absolute Gasteiger partial charge is 0.408 e. The zero-order valence-electron chi connectivity index (χ0n) is 22.1. The Bertz CT molecular complexity index is 1630. The number of ether oxygens (including phenoxy) is 1. The lowest BCUT2D eigenvalue weighted by Gasteiger charge is -2.19. The Morgan fingerprint density at radius 1 is 1.05 bits per heavy atom. The first-order valence-corrected chi connectivity index (χ1v) is 13.0. The summed E-state index contributed by atoms with van der Waals surface area (Å²) >= 11 is 6.27. The van der Waals surface area contributed by atoms with Crippen molar-refractivity contribution in [2.45, 2.75) is 46.5 Å². The summed E-state index contributed by atoms with van der Waals surface area (Å²) in [5, 5.41) is 5.11. The van der Waals surface area contributed by atoms with Gasteiger partial charge in [-0.3, -0.25) is 14.2 Å². The van der Waals surface area contributed by atoms with Gasteiger partial charge >= 0.3 is 12.1 Å². The Kier molecular flexibility index (Phi) is 8.48. The number of fused-ring (bicyclic) bond motifs is 1. The molecule has 210 valence electrons. The largest absolute Gasteiger partial charge is 0.461 e. The number of ketones is 1. The molecule has 0 fully saturated rings. The van der Waals surface area contributed by atoms with E-state index in [9.17, 15) is 27.6 Å². The van der Waals surface area contributed by atoms with Crippen LogP contribution in [-0.4, -0.2) is 38.9 Å². The molecule has 0 saturated heterocycles. The first kappa shape index (κ1) is 29.1. The second kappa shape index (κ2) is 11.7. The van der Waals surface area contributed by atoms with Crippen LogP contribution in [0.1, 0.15) is 53.9 Å². The summed E-state index contributed by atoms with van der Waals surface area (Å²) < 4.78 is 46.9. The predicted octanol–water partition coefficient (Wildman–Crippen LogP) is 6.53. The van der Waals surface area contributed by atoms with E-state index in [2.05, 4.69) is 5.10 Å². The molecule has 0 aliphatic carbocycles. The van der Waals surface area contributed by atoms with Gasteiger partial charge in [-0.1, -0.05) is 62.7 Å². The van der Waals surface area contributed by atoms with Crippen molar-refractivity contribution in [3.05, 3.63) is 87.1 Å². The number of halogens is 4. The summed E-state index contributed by atoms with van der Waals surface area (Å²) in [7, 11) is 0. The van der Waals surface area contributed by atoms with Gasteiger partial charge in [0.1, 0.15) is 12.2 Å². The first-order valence-electron chi connectivity index (χ1n) is 12.6. The predicted molar refractivity (Wildman–Crippen MR) is 146 cm³/mol. The molecule has 40 heavy (non-hydrogen) atoms. The van der Waals surface area contributed by atoms with E-state index in [-0.39, 0.29) is 48.0 Å². The third-order valence-corrected chi connectivity index (χ3v) is 6.35. The molecular weight excluding hydrogens is 547 g/mol. The van der Waals surface area contributed by atoms with E-state index < -0.39 is 29.9 Å². The second-order valence-corrected chi connectivity index (χ2v) is 10.2. The molecule has 0 amide bonds. The van der Waals surface area contributed by atoms with Gasteiger partial charge in [-0.05, 0) is 41.1 Å². The zero-order valence-corrected chi connectivity index (χ0v) is 22.8. The molecule has 0 aliphatic rings. The van der Waals surface area contributed by atoms with E-state index in [1.807, 2.05) is 6.07 Å². The molecule has 0 bridgehead atoms.